The van der Waals surface area contributed by atoms with Gasteiger partial charge in [0.2, 0.25) is 0 Å². The van der Waals surface area contributed by atoms with Crippen LogP contribution in [0, 0.1) is 0 Å². The molecular formula is C15H19N3O. The summed E-state index contributed by atoms with van der Waals surface area (Å²) in [7, 11) is 0. The lowest BCUT2D eigenvalue weighted by Gasteiger charge is -2.17. The van der Waals surface area contributed by atoms with E-state index in [0.717, 1.165) is 36.5 Å². The van der Waals surface area contributed by atoms with E-state index in [1.54, 1.807) is 0 Å². The van der Waals surface area contributed by atoms with Gasteiger partial charge in [0.25, 0.3) is 0 Å². The number of benzene rings is 1. The quantitative estimate of drug-likeness (QED) is 0.917. The summed E-state index contributed by atoms with van der Waals surface area (Å²) in [6.07, 6.45) is 2.02. The first-order valence-electron chi connectivity index (χ1n) is 6.94. The number of aliphatic hydroxyl groups is 1. The van der Waals surface area contributed by atoms with E-state index in [1.165, 1.54) is 5.56 Å². The molecular weight excluding hydrogens is 238 g/mol. The number of nitrogens with zero attached hydrogens (tertiary/aromatic N) is 3. The van der Waals surface area contributed by atoms with Crippen molar-refractivity contribution in [3.63, 3.8) is 0 Å². The lowest BCUT2D eigenvalue weighted by atomic mass is 10.1. The molecule has 3 rings (SSSR count). The molecule has 0 radical (unpaired) electrons. The van der Waals surface area contributed by atoms with Crippen molar-refractivity contribution in [2.24, 2.45) is 0 Å². The number of aryl methyl sites for hydroxylation is 2. The van der Waals surface area contributed by atoms with Crippen LogP contribution in [0.1, 0.15) is 48.8 Å². The summed E-state index contributed by atoms with van der Waals surface area (Å²) in [5.74, 6) is 1.83. The number of hydrogen-bond acceptors (Lipinski definition) is 3. The highest BCUT2D eigenvalue weighted by atomic mass is 16.3. The van der Waals surface area contributed by atoms with Gasteiger partial charge in [0.1, 0.15) is 11.9 Å². The second-order valence-corrected chi connectivity index (χ2v) is 5.01. The Balaban J connectivity index is 1.99. The standard InChI is InChI=1S/C15H19N3O/c1-3-13-16-14(4-2)18(17-13)12-9-10-7-5-6-8-11(10)15(12)19/h5-8,12,15,19H,3-4,9H2,1-2H3. The molecule has 1 aromatic carbocycles. The van der Waals surface area contributed by atoms with E-state index < -0.39 is 6.10 Å². The molecule has 4 heteroatoms. The molecule has 0 fully saturated rings. The van der Waals surface area contributed by atoms with Crippen LogP contribution in [0.4, 0.5) is 0 Å². The van der Waals surface area contributed by atoms with Crippen molar-refractivity contribution in [1.82, 2.24) is 14.8 Å². The average molecular weight is 257 g/mol. The maximum Gasteiger partial charge on any atom is 0.150 e. The number of aromatic nitrogens is 3. The zero-order chi connectivity index (χ0) is 13.4. The van der Waals surface area contributed by atoms with Crippen LogP contribution in [0.5, 0.6) is 0 Å². The zero-order valence-electron chi connectivity index (χ0n) is 11.4. The van der Waals surface area contributed by atoms with Crippen molar-refractivity contribution in [2.75, 3.05) is 0 Å². The smallest absolute Gasteiger partial charge is 0.150 e. The van der Waals surface area contributed by atoms with Crippen LogP contribution < -0.4 is 0 Å². The molecule has 0 saturated heterocycles. The monoisotopic (exact) mass is 257 g/mol. The minimum atomic E-state index is -0.479. The van der Waals surface area contributed by atoms with Crippen LogP contribution in [0.3, 0.4) is 0 Å². The number of hydrogen-bond donors (Lipinski definition) is 1. The third-order valence-electron chi connectivity index (χ3n) is 3.86. The van der Waals surface area contributed by atoms with E-state index in [4.69, 9.17) is 0 Å². The Morgan fingerprint density at radius 3 is 2.74 bits per heavy atom. The molecule has 1 aliphatic carbocycles. The first-order valence-corrected chi connectivity index (χ1v) is 6.94. The van der Waals surface area contributed by atoms with Gasteiger partial charge in [0.05, 0.1) is 6.04 Å². The predicted octanol–water partition coefficient (Wildman–Crippen LogP) is 2.23. The summed E-state index contributed by atoms with van der Waals surface area (Å²) in [4.78, 5) is 4.53. The van der Waals surface area contributed by atoms with E-state index in [9.17, 15) is 5.11 Å². The maximum atomic E-state index is 10.5. The molecule has 0 bridgehead atoms. The Labute approximate surface area is 113 Å². The van der Waals surface area contributed by atoms with Gasteiger partial charge in [-0.1, -0.05) is 38.1 Å². The predicted molar refractivity (Wildman–Crippen MR) is 72.9 cm³/mol. The molecule has 2 aromatic rings. The van der Waals surface area contributed by atoms with Crippen molar-refractivity contribution in [3.8, 4) is 0 Å². The second-order valence-electron chi connectivity index (χ2n) is 5.01. The Hall–Kier alpha value is -1.68. The lowest BCUT2D eigenvalue weighted by molar-refractivity contribution is 0.119. The van der Waals surface area contributed by atoms with Gasteiger partial charge >= 0.3 is 0 Å². The lowest BCUT2D eigenvalue weighted by Crippen LogP contribution is -2.18. The van der Waals surface area contributed by atoms with E-state index in [0.29, 0.717) is 0 Å². The fourth-order valence-corrected chi connectivity index (χ4v) is 2.83. The Kier molecular flexibility index (Phi) is 3.11. The number of rotatable bonds is 3. The van der Waals surface area contributed by atoms with Gasteiger partial charge in [-0.05, 0) is 17.5 Å². The summed E-state index contributed by atoms with van der Waals surface area (Å²) in [5.41, 5.74) is 2.25. The molecule has 0 aliphatic heterocycles. The molecule has 19 heavy (non-hydrogen) atoms. The van der Waals surface area contributed by atoms with Crippen LogP contribution in [-0.4, -0.2) is 19.9 Å². The first-order chi connectivity index (χ1) is 9.24. The van der Waals surface area contributed by atoms with Crippen LogP contribution in [0.2, 0.25) is 0 Å². The summed E-state index contributed by atoms with van der Waals surface area (Å²) in [6.45, 7) is 4.13. The SMILES string of the molecule is CCc1nc(CC)n(C2Cc3ccccc3C2O)n1. The van der Waals surface area contributed by atoms with Gasteiger partial charge in [0, 0.05) is 12.8 Å². The van der Waals surface area contributed by atoms with Crippen molar-refractivity contribution >= 4 is 0 Å². The highest BCUT2D eigenvalue weighted by molar-refractivity contribution is 5.35. The van der Waals surface area contributed by atoms with E-state index >= 15 is 0 Å². The fraction of sp³-hybridized carbons (Fsp3) is 0.467. The third-order valence-corrected chi connectivity index (χ3v) is 3.86. The van der Waals surface area contributed by atoms with Crippen molar-refractivity contribution in [3.05, 3.63) is 47.0 Å². The zero-order valence-corrected chi connectivity index (χ0v) is 11.4. The number of aliphatic hydroxyl groups excluding tert-OH is 1. The Bertz CT molecular complexity index is 591. The highest BCUT2D eigenvalue weighted by Gasteiger charge is 2.33. The van der Waals surface area contributed by atoms with E-state index in [2.05, 4.69) is 30.0 Å². The molecule has 100 valence electrons. The molecule has 2 unspecified atom stereocenters. The summed E-state index contributed by atoms with van der Waals surface area (Å²) >= 11 is 0. The van der Waals surface area contributed by atoms with Crippen molar-refractivity contribution in [2.45, 2.75) is 45.3 Å². The van der Waals surface area contributed by atoms with Crippen LogP contribution >= 0.6 is 0 Å². The molecule has 1 aromatic heterocycles. The summed E-state index contributed by atoms with van der Waals surface area (Å²) in [6, 6.07) is 8.07. The Morgan fingerprint density at radius 2 is 2.05 bits per heavy atom. The van der Waals surface area contributed by atoms with Gasteiger partial charge in [0.15, 0.2) is 5.82 Å². The molecule has 1 N–H and O–H groups in total. The minimum absolute atomic E-state index is 0.0138. The van der Waals surface area contributed by atoms with Gasteiger partial charge in [-0.2, -0.15) is 5.10 Å². The Morgan fingerprint density at radius 1 is 1.26 bits per heavy atom. The van der Waals surface area contributed by atoms with E-state index in [-0.39, 0.29) is 6.04 Å². The van der Waals surface area contributed by atoms with Crippen molar-refractivity contribution < 1.29 is 5.11 Å². The molecule has 1 heterocycles. The second kappa shape index (κ2) is 4.78. The van der Waals surface area contributed by atoms with Gasteiger partial charge in [-0.25, -0.2) is 9.67 Å². The van der Waals surface area contributed by atoms with Gasteiger partial charge in [-0.3, -0.25) is 0 Å². The minimum Gasteiger partial charge on any atom is -0.386 e. The van der Waals surface area contributed by atoms with Gasteiger partial charge < -0.3 is 5.11 Å². The fourth-order valence-electron chi connectivity index (χ4n) is 2.83. The summed E-state index contributed by atoms with van der Waals surface area (Å²) in [5, 5.41) is 15.1. The van der Waals surface area contributed by atoms with Crippen LogP contribution in [0.15, 0.2) is 24.3 Å². The topological polar surface area (TPSA) is 50.9 Å². The average Bonchev–Trinajstić information content (AvgIpc) is 3.00. The molecule has 0 saturated carbocycles. The molecule has 0 spiro atoms. The highest BCUT2D eigenvalue weighted by Crippen LogP contribution is 2.39. The number of fused-ring (bicyclic) bond motifs is 1. The largest absolute Gasteiger partial charge is 0.386 e. The molecule has 0 amide bonds. The third kappa shape index (κ3) is 1.96. The van der Waals surface area contributed by atoms with Crippen LogP contribution in [-0.2, 0) is 19.3 Å². The normalized spacial score (nSPS) is 21.6. The molecule has 4 nitrogen and oxygen atoms in total. The summed E-state index contributed by atoms with van der Waals surface area (Å²) < 4.78 is 1.93. The van der Waals surface area contributed by atoms with E-state index in [1.807, 2.05) is 22.9 Å². The van der Waals surface area contributed by atoms with Gasteiger partial charge in [-0.15, -0.1) is 0 Å². The molecule has 2 atom stereocenters. The molecule has 1 aliphatic rings. The first kappa shape index (κ1) is 12.4. The van der Waals surface area contributed by atoms with Crippen LogP contribution in [0.25, 0.3) is 0 Å². The maximum absolute atomic E-state index is 10.5. The van der Waals surface area contributed by atoms with Crippen molar-refractivity contribution in [1.29, 1.82) is 0 Å².